The van der Waals surface area contributed by atoms with Gasteiger partial charge in [0, 0.05) is 26.9 Å². The second-order valence-electron chi connectivity index (χ2n) is 8.64. The molecule has 2 N–H and O–H groups in total. The van der Waals surface area contributed by atoms with E-state index in [1.165, 1.54) is 4.90 Å². The van der Waals surface area contributed by atoms with Gasteiger partial charge in [-0.15, -0.1) is 0 Å². The van der Waals surface area contributed by atoms with Crippen molar-refractivity contribution in [1.29, 1.82) is 0 Å². The van der Waals surface area contributed by atoms with Crippen LogP contribution in [0.1, 0.15) is 40.1 Å². The summed E-state index contributed by atoms with van der Waals surface area (Å²) in [5.41, 5.74) is 7.48. The first-order valence-corrected chi connectivity index (χ1v) is 11.5. The molecule has 1 unspecified atom stereocenters. The van der Waals surface area contributed by atoms with Crippen LogP contribution in [-0.2, 0) is 17.6 Å². The lowest BCUT2D eigenvalue weighted by atomic mass is 10.0. The van der Waals surface area contributed by atoms with Crippen LogP contribution in [-0.4, -0.2) is 51.9 Å². The van der Waals surface area contributed by atoms with Gasteiger partial charge in [0.2, 0.25) is 5.91 Å². The summed E-state index contributed by atoms with van der Waals surface area (Å²) in [5, 5.41) is 5.93. The van der Waals surface area contributed by atoms with Crippen LogP contribution >= 0.6 is 0 Å². The van der Waals surface area contributed by atoms with Crippen LogP contribution in [0.3, 0.4) is 0 Å². The number of benzene rings is 3. The van der Waals surface area contributed by atoms with Crippen molar-refractivity contribution in [1.82, 2.24) is 19.9 Å². The fraction of sp³-hybridized carbons (Fsp3) is 0.222. The Morgan fingerprint density at radius 3 is 2.31 bits per heavy atom. The Bertz CT molecular complexity index is 1380. The van der Waals surface area contributed by atoms with Crippen LogP contribution in [0.4, 0.5) is 4.79 Å². The molecule has 4 amide bonds. The highest BCUT2D eigenvalue weighted by Crippen LogP contribution is 2.26. The summed E-state index contributed by atoms with van der Waals surface area (Å²) in [6, 6.07) is 21.3. The molecule has 4 aromatic rings. The van der Waals surface area contributed by atoms with Crippen LogP contribution in [0.2, 0.25) is 0 Å². The Morgan fingerprint density at radius 2 is 1.61 bits per heavy atom. The predicted octanol–water partition coefficient (Wildman–Crippen LogP) is 3.75. The van der Waals surface area contributed by atoms with Gasteiger partial charge in [-0.05, 0) is 28.3 Å². The van der Waals surface area contributed by atoms with Crippen LogP contribution in [0.15, 0.2) is 77.3 Å². The number of amides is 4. The number of rotatable bonds is 8. The largest absolute Gasteiger partial charge is 0.351 e. The Kier molecular flexibility index (Phi) is 7.39. The van der Waals surface area contributed by atoms with Gasteiger partial charge in [-0.2, -0.15) is 4.98 Å². The summed E-state index contributed by atoms with van der Waals surface area (Å²) < 4.78 is 5.35. The van der Waals surface area contributed by atoms with Crippen LogP contribution in [0.25, 0.3) is 10.8 Å². The zero-order chi connectivity index (χ0) is 25.7. The van der Waals surface area contributed by atoms with E-state index in [4.69, 9.17) is 10.3 Å². The first-order chi connectivity index (χ1) is 17.3. The van der Waals surface area contributed by atoms with E-state index >= 15 is 0 Å². The first-order valence-electron chi connectivity index (χ1n) is 11.5. The average molecular weight is 486 g/mol. The number of aryl methyl sites for hydroxylation is 1. The van der Waals surface area contributed by atoms with Crippen molar-refractivity contribution >= 4 is 28.6 Å². The molecule has 1 atom stereocenters. The molecule has 9 nitrogen and oxygen atoms in total. The number of imide groups is 1. The number of nitrogens with zero attached hydrogens (tertiary/aromatic N) is 4. The SMILES string of the molecule is CN(C)C(=O)c1noc(C(Cc2ccccc2)N(C(N)=O)C(=O)CCc2ccc3ccccc3c2)n1. The lowest BCUT2D eigenvalue weighted by Crippen LogP contribution is -2.44. The van der Waals surface area contributed by atoms with E-state index in [9.17, 15) is 14.4 Å². The number of carbonyl (C=O) groups excluding carboxylic acids is 3. The third kappa shape index (κ3) is 5.57. The highest BCUT2D eigenvalue weighted by atomic mass is 16.5. The number of carbonyl (C=O) groups is 3. The predicted molar refractivity (Wildman–Crippen MR) is 134 cm³/mol. The van der Waals surface area contributed by atoms with Gasteiger partial charge in [-0.1, -0.05) is 78.0 Å². The van der Waals surface area contributed by atoms with E-state index in [1.54, 1.807) is 14.1 Å². The highest BCUT2D eigenvalue weighted by molar-refractivity contribution is 5.94. The monoisotopic (exact) mass is 485 g/mol. The van der Waals surface area contributed by atoms with Gasteiger partial charge in [0.25, 0.3) is 17.6 Å². The number of nitrogens with two attached hydrogens (primary N) is 1. The second kappa shape index (κ2) is 10.8. The van der Waals surface area contributed by atoms with Crippen molar-refractivity contribution < 1.29 is 18.9 Å². The number of urea groups is 1. The van der Waals surface area contributed by atoms with Crippen molar-refractivity contribution in [3.05, 3.63) is 95.6 Å². The topological polar surface area (TPSA) is 123 Å². The van der Waals surface area contributed by atoms with Crippen molar-refractivity contribution in [3.63, 3.8) is 0 Å². The van der Waals surface area contributed by atoms with Crippen LogP contribution in [0, 0.1) is 0 Å². The minimum Gasteiger partial charge on any atom is -0.351 e. The molecule has 1 heterocycles. The second-order valence-corrected chi connectivity index (χ2v) is 8.64. The van der Waals surface area contributed by atoms with Gasteiger partial charge < -0.3 is 15.2 Å². The Labute approximate surface area is 208 Å². The van der Waals surface area contributed by atoms with E-state index in [2.05, 4.69) is 10.1 Å². The molecule has 0 aliphatic heterocycles. The molecule has 36 heavy (non-hydrogen) atoms. The van der Waals surface area contributed by atoms with Crippen molar-refractivity contribution in [3.8, 4) is 0 Å². The quantitative estimate of drug-likeness (QED) is 0.406. The van der Waals surface area contributed by atoms with Crippen molar-refractivity contribution in [2.75, 3.05) is 14.1 Å². The molecule has 0 bridgehead atoms. The normalized spacial score (nSPS) is 11.7. The molecule has 0 aliphatic rings. The molecule has 1 aromatic heterocycles. The fourth-order valence-corrected chi connectivity index (χ4v) is 4.00. The highest BCUT2D eigenvalue weighted by Gasteiger charge is 2.34. The van der Waals surface area contributed by atoms with Gasteiger partial charge in [-0.25, -0.2) is 4.79 Å². The molecule has 3 aromatic carbocycles. The van der Waals surface area contributed by atoms with Gasteiger partial charge in [0.05, 0.1) is 0 Å². The summed E-state index contributed by atoms with van der Waals surface area (Å²) in [6.07, 6.45) is 0.660. The van der Waals surface area contributed by atoms with Crippen molar-refractivity contribution in [2.24, 2.45) is 5.73 Å². The molecule has 0 saturated carbocycles. The lowest BCUT2D eigenvalue weighted by Gasteiger charge is -2.26. The molecular formula is C27H27N5O4. The molecule has 9 heteroatoms. The molecule has 184 valence electrons. The first kappa shape index (κ1) is 24.6. The smallest absolute Gasteiger partial charge is 0.322 e. The summed E-state index contributed by atoms with van der Waals surface area (Å²) >= 11 is 0. The molecule has 0 saturated heterocycles. The standard InChI is InChI=1S/C27H27N5O4/c1-31(2)26(34)24-29-25(36-30-24)22(17-18-8-4-3-5-9-18)32(27(28)35)23(33)15-13-19-12-14-20-10-6-7-11-21(20)16-19/h3-12,14,16,22H,13,15,17H2,1-2H3,(H2,28,35). The number of hydrogen-bond acceptors (Lipinski definition) is 6. The summed E-state index contributed by atoms with van der Waals surface area (Å²) in [6.45, 7) is 0. The Balaban J connectivity index is 1.60. The molecule has 0 fully saturated rings. The van der Waals surface area contributed by atoms with Crippen LogP contribution < -0.4 is 5.73 Å². The number of primary amides is 1. The van der Waals surface area contributed by atoms with E-state index in [1.807, 2.05) is 72.8 Å². The summed E-state index contributed by atoms with van der Waals surface area (Å²) in [5.74, 6) is -1.14. The van der Waals surface area contributed by atoms with Gasteiger partial charge in [0.1, 0.15) is 6.04 Å². The lowest BCUT2D eigenvalue weighted by molar-refractivity contribution is -0.130. The Hall–Kier alpha value is -4.53. The molecule has 0 aliphatic carbocycles. The van der Waals surface area contributed by atoms with E-state index in [-0.39, 0.29) is 24.6 Å². The number of fused-ring (bicyclic) bond motifs is 1. The van der Waals surface area contributed by atoms with Crippen molar-refractivity contribution in [2.45, 2.75) is 25.3 Å². The zero-order valence-electron chi connectivity index (χ0n) is 20.1. The maximum atomic E-state index is 13.3. The maximum absolute atomic E-state index is 13.3. The third-order valence-electron chi connectivity index (χ3n) is 5.86. The Morgan fingerprint density at radius 1 is 0.917 bits per heavy atom. The van der Waals surface area contributed by atoms with Gasteiger partial charge >= 0.3 is 6.03 Å². The molecular weight excluding hydrogens is 458 g/mol. The maximum Gasteiger partial charge on any atom is 0.322 e. The van der Waals surface area contributed by atoms with Gasteiger partial charge in [-0.3, -0.25) is 14.5 Å². The minimum atomic E-state index is -0.967. The third-order valence-corrected chi connectivity index (χ3v) is 5.86. The minimum absolute atomic E-state index is 0.0399. The summed E-state index contributed by atoms with van der Waals surface area (Å²) in [7, 11) is 3.12. The van der Waals surface area contributed by atoms with E-state index < -0.39 is 23.9 Å². The zero-order valence-corrected chi connectivity index (χ0v) is 20.1. The van der Waals surface area contributed by atoms with Crippen LogP contribution in [0.5, 0.6) is 0 Å². The fourth-order valence-electron chi connectivity index (χ4n) is 4.00. The molecule has 0 spiro atoms. The molecule has 0 radical (unpaired) electrons. The number of aromatic nitrogens is 2. The van der Waals surface area contributed by atoms with Gasteiger partial charge in [0.15, 0.2) is 0 Å². The average Bonchev–Trinajstić information content (AvgIpc) is 3.37. The van der Waals surface area contributed by atoms with E-state index in [0.717, 1.165) is 26.8 Å². The van der Waals surface area contributed by atoms with E-state index in [0.29, 0.717) is 6.42 Å². The number of hydrogen-bond donors (Lipinski definition) is 1. The molecule has 4 rings (SSSR count). The summed E-state index contributed by atoms with van der Waals surface area (Å²) in [4.78, 5) is 44.6.